The first-order valence-corrected chi connectivity index (χ1v) is 12.4. The average molecular weight is 476 g/mol. The molecule has 10 heteroatoms. The minimum Gasteiger partial charge on any atom is -0.497 e. The molecule has 2 N–H and O–H groups in total. The van der Waals surface area contributed by atoms with Crippen LogP contribution in [0.4, 0.5) is 11.4 Å². The molecule has 0 radical (unpaired) electrons. The molecular weight excluding hydrogens is 446 g/mol. The molecule has 4 rings (SSSR count). The summed E-state index contributed by atoms with van der Waals surface area (Å²) in [6.45, 7) is 3.51. The van der Waals surface area contributed by atoms with Crippen LogP contribution in [0.15, 0.2) is 53.4 Å². The number of hydrogen-bond donors (Lipinski definition) is 2. The minimum atomic E-state index is -4.02. The van der Waals surface area contributed by atoms with Gasteiger partial charge in [0.1, 0.15) is 5.75 Å². The van der Waals surface area contributed by atoms with Gasteiger partial charge in [0.15, 0.2) is 14.6 Å². The first kappa shape index (κ1) is 23.3. The fraction of sp³-hybridized carbons (Fsp3) is 0.435. The maximum Gasteiger partial charge on any atom is 0.265 e. The summed E-state index contributed by atoms with van der Waals surface area (Å²) in [7, 11) is -2.37. The third kappa shape index (κ3) is 4.38. The second-order valence-electron chi connectivity index (χ2n) is 8.22. The zero-order valence-electron chi connectivity index (χ0n) is 18.6. The van der Waals surface area contributed by atoms with Crippen LogP contribution >= 0.6 is 0 Å². The van der Waals surface area contributed by atoms with Crippen LogP contribution < -0.4 is 20.0 Å². The molecule has 0 bridgehead atoms. The number of hydrogen-bond acceptors (Lipinski definition) is 8. The number of sulfone groups is 1. The molecule has 0 aliphatic carbocycles. The molecule has 2 heterocycles. The van der Waals surface area contributed by atoms with E-state index >= 15 is 0 Å². The highest BCUT2D eigenvalue weighted by Crippen LogP contribution is 2.36. The van der Waals surface area contributed by atoms with Crippen molar-refractivity contribution in [3.8, 4) is 5.75 Å². The van der Waals surface area contributed by atoms with Gasteiger partial charge in [0.05, 0.1) is 12.0 Å². The maximum absolute atomic E-state index is 13.4. The standard InChI is InChI=1S/C23H29N3O6S/c1-31-20-4-2-3-19(17-20)26-13-11-25(12-14-26)18-5-7-21(8-6-18)33(29,30)23(22(27)24-28)9-15-32-16-10-23/h2-8,17,28H,9-16H2,1H3,(H,24,27). The van der Waals surface area contributed by atoms with Gasteiger partial charge in [-0.15, -0.1) is 0 Å². The maximum atomic E-state index is 13.4. The fourth-order valence-electron chi connectivity index (χ4n) is 4.51. The Morgan fingerprint density at radius 2 is 1.61 bits per heavy atom. The number of rotatable bonds is 6. The fourth-order valence-corrected chi connectivity index (χ4v) is 6.45. The summed E-state index contributed by atoms with van der Waals surface area (Å²) < 4.78 is 35.6. The van der Waals surface area contributed by atoms with Crippen LogP contribution in [0.25, 0.3) is 0 Å². The Morgan fingerprint density at radius 1 is 1.00 bits per heavy atom. The van der Waals surface area contributed by atoms with Gasteiger partial charge in [-0.05, 0) is 49.2 Å². The predicted molar refractivity (Wildman–Crippen MR) is 124 cm³/mol. The van der Waals surface area contributed by atoms with Crippen LogP contribution in [0.3, 0.4) is 0 Å². The van der Waals surface area contributed by atoms with E-state index in [1.807, 2.05) is 18.2 Å². The van der Waals surface area contributed by atoms with Gasteiger partial charge < -0.3 is 19.3 Å². The first-order chi connectivity index (χ1) is 15.9. The largest absolute Gasteiger partial charge is 0.497 e. The van der Waals surface area contributed by atoms with E-state index in [0.29, 0.717) is 0 Å². The molecule has 2 aromatic rings. The van der Waals surface area contributed by atoms with Crippen LogP contribution in [-0.4, -0.2) is 70.8 Å². The SMILES string of the molecule is COc1cccc(N2CCN(c3ccc(S(=O)(=O)C4(C(=O)NO)CCOCC4)cc3)CC2)c1. The number of ether oxygens (including phenoxy) is 2. The molecule has 0 saturated carbocycles. The molecule has 2 aliphatic heterocycles. The monoisotopic (exact) mass is 475 g/mol. The molecule has 2 fully saturated rings. The summed E-state index contributed by atoms with van der Waals surface area (Å²) >= 11 is 0. The molecule has 0 unspecified atom stereocenters. The van der Waals surface area contributed by atoms with Crippen molar-refractivity contribution in [3.63, 3.8) is 0 Å². The van der Waals surface area contributed by atoms with Crippen molar-refractivity contribution in [2.24, 2.45) is 0 Å². The van der Waals surface area contributed by atoms with E-state index in [1.165, 1.54) is 0 Å². The summed E-state index contributed by atoms with van der Waals surface area (Å²) in [6.07, 6.45) is -0.00851. The Kier molecular flexibility index (Phi) is 6.78. The van der Waals surface area contributed by atoms with Gasteiger partial charge in [0, 0.05) is 56.8 Å². The molecule has 1 amide bonds. The lowest BCUT2D eigenvalue weighted by Gasteiger charge is -2.37. The Hall–Kier alpha value is -2.82. The van der Waals surface area contributed by atoms with E-state index < -0.39 is 20.5 Å². The highest BCUT2D eigenvalue weighted by molar-refractivity contribution is 7.93. The topological polar surface area (TPSA) is 108 Å². The van der Waals surface area contributed by atoms with E-state index in [4.69, 9.17) is 9.47 Å². The Labute approximate surface area is 193 Å². The molecule has 178 valence electrons. The van der Waals surface area contributed by atoms with Crippen molar-refractivity contribution in [2.45, 2.75) is 22.5 Å². The summed E-state index contributed by atoms with van der Waals surface area (Å²) in [5, 5.41) is 9.19. The Balaban J connectivity index is 1.48. The number of carbonyl (C=O) groups excluding carboxylic acids is 1. The van der Waals surface area contributed by atoms with Crippen molar-refractivity contribution in [3.05, 3.63) is 48.5 Å². The second-order valence-corrected chi connectivity index (χ2v) is 10.5. The molecule has 33 heavy (non-hydrogen) atoms. The number of carbonyl (C=O) groups is 1. The van der Waals surface area contributed by atoms with Crippen molar-refractivity contribution < 1.29 is 27.9 Å². The van der Waals surface area contributed by atoms with E-state index in [-0.39, 0.29) is 31.0 Å². The smallest absolute Gasteiger partial charge is 0.265 e. The van der Waals surface area contributed by atoms with E-state index in [0.717, 1.165) is 43.3 Å². The summed E-state index contributed by atoms with van der Waals surface area (Å²) in [6, 6.07) is 14.6. The van der Waals surface area contributed by atoms with Gasteiger partial charge in [0.2, 0.25) is 0 Å². The predicted octanol–water partition coefficient (Wildman–Crippen LogP) is 1.85. The number of amides is 1. The molecular formula is C23H29N3O6S. The van der Waals surface area contributed by atoms with E-state index in [2.05, 4.69) is 15.9 Å². The summed E-state index contributed by atoms with van der Waals surface area (Å²) in [4.78, 5) is 17.0. The number of nitrogens with zero attached hydrogens (tertiary/aromatic N) is 2. The third-order valence-corrected chi connectivity index (χ3v) is 9.06. The molecule has 2 aliphatic rings. The minimum absolute atomic E-state index is 0.00426. The average Bonchev–Trinajstić information content (AvgIpc) is 2.88. The van der Waals surface area contributed by atoms with Gasteiger partial charge in [-0.1, -0.05) is 6.07 Å². The third-order valence-electron chi connectivity index (χ3n) is 6.54. The van der Waals surface area contributed by atoms with Gasteiger partial charge >= 0.3 is 0 Å². The highest BCUT2D eigenvalue weighted by atomic mass is 32.2. The number of methoxy groups -OCH3 is 1. The summed E-state index contributed by atoms with van der Waals surface area (Å²) in [5.74, 6) is -0.0903. The lowest BCUT2D eigenvalue weighted by atomic mass is 9.98. The van der Waals surface area contributed by atoms with Crippen LogP contribution in [-0.2, 0) is 19.4 Å². The van der Waals surface area contributed by atoms with Crippen molar-refractivity contribution in [2.75, 3.05) is 56.3 Å². The molecule has 0 atom stereocenters. The number of anilines is 2. The molecule has 2 saturated heterocycles. The van der Waals surface area contributed by atoms with Crippen molar-refractivity contribution >= 4 is 27.1 Å². The first-order valence-electron chi connectivity index (χ1n) is 10.9. The molecule has 9 nitrogen and oxygen atoms in total. The van der Waals surface area contributed by atoms with E-state index in [9.17, 15) is 18.4 Å². The summed E-state index contributed by atoms with van der Waals surface area (Å²) in [5.41, 5.74) is 3.58. The lowest BCUT2D eigenvalue weighted by molar-refractivity contribution is -0.134. The second kappa shape index (κ2) is 9.58. The normalized spacial score (nSPS) is 18.6. The Morgan fingerprint density at radius 3 is 2.18 bits per heavy atom. The van der Waals surface area contributed by atoms with E-state index in [1.54, 1.807) is 36.9 Å². The van der Waals surface area contributed by atoms with Gasteiger partial charge in [0.25, 0.3) is 5.91 Å². The number of hydroxylamine groups is 1. The van der Waals surface area contributed by atoms with Gasteiger partial charge in [-0.3, -0.25) is 10.0 Å². The van der Waals surface area contributed by atoms with Crippen LogP contribution in [0.5, 0.6) is 5.75 Å². The van der Waals surface area contributed by atoms with Gasteiger partial charge in [-0.25, -0.2) is 13.9 Å². The lowest BCUT2D eigenvalue weighted by Crippen LogP contribution is -2.54. The molecule has 0 aromatic heterocycles. The number of benzene rings is 2. The highest BCUT2D eigenvalue weighted by Gasteiger charge is 2.52. The van der Waals surface area contributed by atoms with Gasteiger partial charge in [-0.2, -0.15) is 0 Å². The molecule has 0 spiro atoms. The number of piperazine rings is 1. The Bertz CT molecular complexity index is 1080. The van der Waals surface area contributed by atoms with Crippen molar-refractivity contribution in [1.29, 1.82) is 0 Å². The van der Waals surface area contributed by atoms with Crippen LogP contribution in [0, 0.1) is 0 Å². The quantitative estimate of drug-likeness (QED) is 0.481. The number of nitrogens with one attached hydrogen (secondary N) is 1. The van der Waals surface area contributed by atoms with Crippen LogP contribution in [0.2, 0.25) is 0 Å². The molecule has 2 aromatic carbocycles. The zero-order chi connectivity index (χ0) is 23.5. The van der Waals surface area contributed by atoms with Crippen LogP contribution in [0.1, 0.15) is 12.8 Å². The van der Waals surface area contributed by atoms with Crippen molar-refractivity contribution in [1.82, 2.24) is 5.48 Å². The zero-order valence-corrected chi connectivity index (χ0v) is 19.4.